The summed E-state index contributed by atoms with van der Waals surface area (Å²) in [6, 6.07) is 7.54. The highest BCUT2D eigenvalue weighted by molar-refractivity contribution is 5.28. The monoisotopic (exact) mass is 263 g/mol. The van der Waals surface area contributed by atoms with Crippen LogP contribution < -0.4 is 0 Å². The zero-order chi connectivity index (χ0) is 13.9. The first-order chi connectivity index (χ1) is 9.00. The van der Waals surface area contributed by atoms with Crippen molar-refractivity contribution < 1.29 is 10.2 Å². The quantitative estimate of drug-likeness (QED) is 0.877. The molecule has 0 heterocycles. The standard InChI is InChI=1S/C16H25NO2/c1-17(2)15(13-6-8-14(18)9-7-13)12-16(19)10-4-3-5-11-16/h6-9,15,18-19H,3-5,10-12H2,1-2H3. The van der Waals surface area contributed by atoms with Crippen LogP contribution in [0.15, 0.2) is 24.3 Å². The van der Waals surface area contributed by atoms with Crippen LogP contribution in [-0.2, 0) is 0 Å². The molecule has 1 fully saturated rings. The molecule has 3 heteroatoms. The molecule has 3 nitrogen and oxygen atoms in total. The maximum Gasteiger partial charge on any atom is 0.115 e. The highest BCUT2D eigenvalue weighted by Crippen LogP contribution is 2.37. The third-order valence-corrected chi connectivity index (χ3v) is 4.26. The van der Waals surface area contributed by atoms with E-state index in [1.165, 1.54) is 6.42 Å². The summed E-state index contributed by atoms with van der Waals surface area (Å²) >= 11 is 0. The van der Waals surface area contributed by atoms with Gasteiger partial charge in [0.05, 0.1) is 5.60 Å². The molecule has 0 bridgehead atoms. The zero-order valence-corrected chi connectivity index (χ0v) is 12.0. The molecule has 1 aliphatic carbocycles. The minimum atomic E-state index is -0.523. The van der Waals surface area contributed by atoms with Gasteiger partial charge < -0.3 is 15.1 Å². The molecule has 0 spiro atoms. The second-order valence-corrected chi connectivity index (χ2v) is 6.06. The van der Waals surface area contributed by atoms with Gasteiger partial charge in [0.15, 0.2) is 0 Å². The third-order valence-electron chi connectivity index (χ3n) is 4.26. The predicted molar refractivity (Wildman–Crippen MR) is 77.2 cm³/mol. The van der Waals surface area contributed by atoms with Crippen molar-refractivity contribution in [1.82, 2.24) is 4.90 Å². The number of nitrogens with zero attached hydrogens (tertiary/aromatic N) is 1. The van der Waals surface area contributed by atoms with E-state index >= 15 is 0 Å². The molecule has 1 saturated carbocycles. The Hall–Kier alpha value is -1.06. The molecule has 0 aliphatic heterocycles. The second kappa shape index (κ2) is 5.93. The number of phenols is 1. The number of hydrogen-bond donors (Lipinski definition) is 2. The second-order valence-electron chi connectivity index (χ2n) is 6.06. The van der Waals surface area contributed by atoms with Crippen molar-refractivity contribution >= 4 is 0 Å². The summed E-state index contributed by atoms with van der Waals surface area (Å²) in [6.07, 6.45) is 6.10. The lowest BCUT2D eigenvalue weighted by molar-refractivity contribution is -0.0227. The average Bonchev–Trinajstić information content (AvgIpc) is 2.38. The van der Waals surface area contributed by atoms with E-state index in [-0.39, 0.29) is 11.8 Å². The van der Waals surface area contributed by atoms with E-state index in [2.05, 4.69) is 4.90 Å². The van der Waals surface area contributed by atoms with Crippen LogP contribution >= 0.6 is 0 Å². The first-order valence-electron chi connectivity index (χ1n) is 7.18. The van der Waals surface area contributed by atoms with Gasteiger partial charge >= 0.3 is 0 Å². The Kier molecular flexibility index (Phi) is 4.48. The number of phenolic OH excluding ortho intramolecular Hbond substituents is 1. The highest BCUT2D eigenvalue weighted by atomic mass is 16.3. The Bertz CT molecular complexity index is 394. The zero-order valence-electron chi connectivity index (χ0n) is 12.0. The van der Waals surface area contributed by atoms with Crippen LogP contribution in [0.5, 0.6) is 5.75 Å². The van der Waals surface area contributed by atoms with Crippen molar-refractivity contribution in [3.8, 4) is 5.75 Å². The van der Waals surface area contributed by atoms with Crippen LogP contribution in [-0.4, -0.2) is 34.8 Å². The van der Waals surface area contributed by atoms with Crippen LogP contribution in [0.2, 0.25) is 0 Å². The van der Waals surface area contributed by atoms with E-state index in [4.69, 9.17) is 0 Å². The first-order valence-corrected chi connectivity index (χ1v) is 7.18. The van der Waals surface area contributed by atoms with Crippen LogP contribution in [0.1, 0.15) is 50.1 Å². The fourth-order valence-electron chi connectivity index (χ4n) is 3.07. The van der Waals surface area contributed by atoms with E-state index in [1.807, 2.05) is 26.2 Å². The molecule has 0 aromatic heterocycles. The molecule has 106 valence electrons. The Morgan fingerprint density at radius 1 is 1.11 bits per heavy atom. The van der Waals surface area contributed by atoms with Crippen LogP contribution in [0.4, 0.5) is 0 Å². The summed E-state index contributed by atoms with van der Waals surface area (Å²) in [7, 11) is 4.09. The number of rotatable bonds is 4. The van der Waals surface area contributed by atoms with Gasteiger partial charge in [0.2, 0.25) is 0 Å². The summed E-state index contributed by atoms with van der Waals surface area (Å²) < 4.78 is 0. The van der Waals surface area contributed by atoms with E-state index in [1.54, 1.807) is 12.1 Å². The van der Waals surface area contributed by atoms with Crippen molar-refractivity contribution in [3.05, 3.63) is 29.8 Å². The Morgan fingerprint density at radius 2 is 1.68 bits per heavy atom. The van der Waals surface area contributed by atoms with Gasteiger partial charge in [-0.1, -0.05) is 31.4 Å². The van der Waals surface area contributed by atoms with Crippen molar-refractivity contribution in [3.63, 3.8) is 0 Å². The molecular formula is C16H25NO2. The molecule has 1 aromatic carbocycles. The van der Waals surface area contributed by atoms with Gasteiger partial charge in [0.1, 0.15) is 5.75 Å². The summed E-state index contributed by atoms with van der Waals surface area (Å²) in [5, 5.41) is 20.1. The van der Waals surface area contributed by atoms with Gasteiger partial charge in [0, 0.05) is 6.04 Å². The molecule has 0 saturated heterocycles. The van der Waals surface area contributed by atoms with Crippen LogP contribution in [0.3, 0.4) is 0 Å². The Balaban J connectivity index is 2.14. The van der Waals surface area contributed by atoms with E-state index in [9.17, 15) is 10.2 Å². The summed E-state index contributed by atoms with van der Waals surface area (Å²) in [4.78, 5) is 2.15. The minimum Gasteiger partial charge on any atom is -0.508 e. The lowest BCUT2D eigenvalue weighted by Gasteiger charge is -2.37. The fourth-order valence-corrected chi connectivity index (χ4v) is 3.07. The largest absolute Gasteiger partial charge is 0.508 e. The summed E-state index contributed by atoms with van der Waals surface area (Å²) in [5.74, 6) is 0.289. The van der Waals surface area contributed by atoms with Gasteiger partial charge in [-0.2, -0.15) is 0 Å². The molecule has 1 aromatic rings. The Labute approximate surface area is 115 Å². The molecule has 1 aliphatic rings. The average molecular weight is 263 g/mol. The molecule has 2 rings (SSSR count). The third kappa shape index (κ3) is 3.71. The van der Waals surface area contributed by atoms with Crippen molar-refractivity contribution in [2.24, 2.45) is 0 Å². The van der Waals surface area contributed by atoms with Gasteiger partial charge in [-0.05, 0) is 51.1 Å². The van der Waals surface area contributed by atoms with Crippen LogP contribution in [0.25, 0.3) is 0 Å². The lowest BCUT2D eigenvalue weighted by Crippen LogP contribution is -2.36. The van der Waals surface area contributed by atoms with E-state index < -0.39 is 5.60 Å². The normalized spacial score (nSPS) is 20.4. The van der Waals surface area contributed by atoms with Gasteiger partial charge in [0.25, 0.3) is 0 Å². The maximum absolute atomic E-state index is 10.7. The summed E-state index contributed by atoms with van der Waals surface area (Å²) in [6.45, 7) is 0. The van der Waals surface area contributed by atoms with Gasteiger partial charge in [-0.15, -0.1) is 0 Å². The van der Waals surface area contributed by atoms with Crippen molar-refractivity contribution in [2.75, 3.05) is 14.1 Å². The van der Waals surface area contributed by atoms with Gasteiger partial charge in [-0.3, -0.25) is 0 Å². The van der Waals surface area contributed by atoms with Crippen molar-refractivity contribution in [2.45, 2.75) is 50.2 Å². The lowest BCUT2D eigenvalue weighted by atomic mass is 9.79. The Morgan fingerprint density at radius 3 is 2.21 bits per heavy atom. The van der Waals surface area contributed by atoms with Crippen LogP contribution in [0, 0.1) is 0 Å². The SMILES string of the molecule is CN(C)C(CC1(O)CCCCC1)c1ccc(O)cc1. The number of aliphatic hydroxyl groups is 1. The fraction of sp³-hybridized carbons (Fsp3) is 0.625. The highest BCUT2D eigenvalue weighted by Gasteiger charge is 2.33. The first kappa shape index (κ1) is 14.4. The number of aromatic hydroxyl groups is 1. The molecule has 2 N–H and O–H groups in total. The summed E-state index contributed by atoms with van der Waals surface area (Å²) in [5.41, 5.74) is 0.632. The molecule has 19 heavy (non-hydrogen) atoms. The molecule has 1 atom stereocenters. The van der Waals surface area contributed by atoms with E-state index in [0.29, 0.717) is 0 Å². The van der Waals surface area contributed by atoms with Gasteiger partial charge in [-0.25, -0.2) is 0 Å². The predicted octanol–water partition coefficient (Wildman–Crippen LogP) is 3.08. The smallest absolute Gasteiger partial charge is 0.115 e. The molecular weight excluding hydrogens is 238 g/mol. The number of benzene rings is 1. The van der Waals surface area contributed by atoms with Crippen molar-refractivity contribution in [1.29, 1.82) is 0 Å². The molecule has 1 unspecified atom stereocenters. The van der Waals surface area contributed by atoms with E-state index in [0.717, 1.165) is 37.7 Å². The molecule has 0 radical (unpaired) electrons. The topological polar surface area (TPSA) is 43.7 Å². The molecule has 0 amide bonds. The minimum absolute atomic E-state index is 0.198. The maximum atomic E-state index is 10.7. The number of hydrogen-bond acceptors (Lipinski definition) is 3.